The van der Waals surface area contributed by atoms with Gasteiger partial charge < -0.3 is 14.8 Å². The molecule has 108 valence electrons. The Morgan fingerprint density at radius 3 is 2.37 bits per heavy atom. The van der Waals surface area contributed by atoms with Crippen molar-refractivity contribution in [1.82, 2.24) is 0 Å². The smallest absolute Gasteiger partial charge is 0.314 e. The molecule has 2 N–H and O–H groups in total. The van der Waals surface area contributed by atoms with Gasteiger partial charge in [-0.1, -0.05) is 17.7 Å². The van der Waals surface area contributed by atoms with Crippen molar-refractivity contribution in [3.05, 3.63) is 34.1 Å². The third-order valence-corrected chi connectivity index (χ3v) is 5.08. The van der Waals surface area contributed by atoms with Gasteiger partial charge in [0.05, 0.1) is 13.2 Å². The minimum atomic E-state index is -3.65. The van der Waals surface area contributed by atoms with Crippen molar-refractivity contribution in [2.45, 2.75) is 26.6 Å². The average molecular weight is 310 g/mol. The van der Waals surface area contributed by atoms with Crippen molar-refractivity contribution < 1.29 is 18.0 Å². The van der Waals surface area contributed by atoms with Gasteiger partial charge in [-0.2, -0.15) is 0 Å². The first-order valence-electron chi connectivity index (χ1n) is 5.96. The summed E-state index contributed by atoms with van der Waals surface area (Å²) in [6.07, 6.45) is 0. The molecule has 0 aliphatic rings. The van der Waals surface area contributed by atoms with Crippen molar-refractivity contribution >= 4 is 19.2 Å². The summed E-state index contributed by atoms with van der Waals surface area (Å²) >= 11 is 5.95. The maximum atomic E-state index is 14.1. The Hall–Kier alpha value is -0.450. The van der Waals surface area contributed by atoms with Gasteiger partial charge in [0, 0.05) is 10.6 Å². The van der Waals surface area contributed by atoms with E-state index in [0.717, 1.165) is 0 Å². The molecule has 0 saturated carbocycles. The molecule has 0 aromatic heterocycles. The van der Waals surface area contributed by atoms with E-state index in [-0.39, 0.29) is 23.8 Å². The number of benzene rings is 1. The Morgan fingerprint density at radius 2 is 1.89 bits per heavy atom. The van der Waals surface area contributed by atoms with Crippen LogP contribution in [0.2, 0.25) is 5.02 Å². The lowest BCUT2D eigenvalue weighted by atomic mass is 10.1. The minimum absolute atomic E-state index is 0.0353. The van der Waals surface area contributed by atoms with Gasteiger partial charge >= 0.3 is 7.60 Å². The lowest BCUT2D eigenvalue weighted by Crippen LogP contribution is -2.17. The molecule has 0 aliphatic carbocycles. The van der Waals surface area contributed by atoms with Gasteiger partial charge in [-0.15, -0.1) is 0 Å². The van der Waals surface area contributed by atoms with Gasteiger partial charge in [-0.3, -0.25) is 4.57 Å². The molecule has 0 unspecified atom stereocenters. The van der Waals surface area contributed by atoms with Crippen LogP contribution < -0.4 is 5.73 Å². The second kappa shape index (κ2) is 6.82. The summed E-state index contributed by atoms with van der Waals surface area (Å²) in [5.41, 5.74) is 6.21. The highest BCUT2D eigenvalue weighted by molar-refractivity contribution is 7.54. The monoisotopic (exact) mass is 309 g/mol. The fourth-order valence-corrected chi connectivity index (χ4v) is 3.69. The predicted molar refractivity (Wildman–Crippen MR) is 73.9 cm³/mol. The number of halogens is 2. The topological polar surface area (TPSA) is 61.5 Å². The molecule has 0 saturated heterocycles. The van der Waals surface area contributed by atoms with Crippen molar-refractivity contribution in [1.29, 1.82) is 0 Å². The van der Waals surface area contributed by atoms with Gasteiger partial charge in [0.2, 0.25) is 0 Å². The van der Waals surface area contributed by atoms with E-state index in [2.05, 4.69) is 0 Å². The van der Waals surface area contributed by atoms with Crippen LogP contribution in [0.5, 0.6) is 0 Å². The maximum absolute atomic E-state index is 14.1. The number of hydrogen-bond acceptors (Lipinski definition) is 4. The quantitative estimate of drug-likeness (QED) is 0.806. The van der Waals surface area contributed by atoms with E-state index in [4.69, 9.17) is 26.4 Å². The maximum Gasteiger partial charge on any atom is 0.351 e. The number of aryl methyl sites for hydroxylation is 1. The van der Waals surface area contributed by atoms with Gasteiger partial charge in [-0.25, -0.2) is 4.39 Å². The number of rotatable bonds is 6. The highest BCUT2D eigenvalue weighted by atomic mass is 35.5. The number of hydrogen-bond donors (Lipinski definition) is 1. The van der Waals surface area contributed by atoms with Gasteiger partial charge in [0.25, 0.3) is 0 Å². The van der Waals surface area contributed by atoms with Gasteiger partial charge in [-0.05, 0) is 32.4 Å². The van der Waals surface area contributed by atoms with Gasteiger partial charge in [0.15, 0.2) is 0 Å². The van der Waals surface area contributed by atoms with Crippen LogP contribution >= 0.6 is 19.2 Å². The normalized spacial score (nSPS) is 13.6. The standard InChI is InChI=1S/C12H18ClFNO3P/c1-4-17-19(16,18-5-2)12(15)10-9(13)7-6-8(3)11(10)14/h6-7,12H,4-5,15H2,1-3H3/t12-/m1/s1. The van der Waals surface area contributed by atoms with E-state index in [0.29, 0.717) is 5.56 Å². The number of nitrogens with two attached hydrogens (primary N) is 1. The third kappa shape index (κ3) is 3.56. The van der Waals surface area contributed by atoms with Crippen molar-refractivity contribution in [3.8, 4) is 0 Å². The summed E-state index contributed by atoms with van der Waals surface area (Å²) < 4.78 is 36.9. The zero-order valence-electron chi connectivity index (χ0n) is 11.2. The lowest BCUT2D eigenvalue weighted by Gasteiger charge is -2.24. The zero-order valence-corrected chi connectivity index (χ0v) is 12.8. The second-order valence-electron chi connectivity index (χ2n) is 3.91. The summed E-state index contributed by atoms with van der Waals surface area (Å²) in [6.45, 7) is 5.19. The summed E-state index contributed by atoms with van der Waals surface area (Å²) in [6, 6.07) is 3.04. The summed E-state index contributed by atoms with van der Waals surface area (Å²) in [5.74, 6) is -1.83. The summed E-state index contributed by atoms with van der Waals surface area (Å²) in [7, 11) is -3.65. The Balaban J connectivity index is 3.28. The lowest BCUT2D eigenvalue weighted by molar-refractivity contribution is 0.212. The molecule has 0 spiro atoms. The minimum Gasteiger partial charge on any atom is -0.314 e. The summed E-state index contributed by atoms with van der Waals surface area (Å²) in [5, 5.41) is 0.107. The van der Waals surface area contributed by atoms with Crippen LogP contribution in [-0.4, -0.2) is 13.2 Å². The van der Waals surface area contributed by atoms with Crippen LogP contribution in [0.1, 0.15) is 30.8 Å². The molecule has 0 fully saturated rings. The molecule has 1 aromatic carbocycles. The first-order valence-corrected chi connectivity index (χ1v) is 7.95. The average Bonchev–Trinajstić information content (AvgIpc) is 2.35. The van der Waals surface area contributed by atoms with Crippen LogP contribution in [0, 0.1) is 12.7 Å². The molecule has 0 amide bonds. The molecule has 4 nitrogen and oxygen atoms in total. The Morgan fingerprint density at radius 1 is 1.37 bits per heavy atom. The fraction of sp³-hybridized carbons (Fsp3) is 0.500. The van der Waals surface area contributed by atoms with Crippen LogP contribution in [0.4, 0.5) is 4.39 Å². The molecule has 0 aliphatic heterocycles. The third-order valence-electron chi connectivity index (χ3n) is 2.57. The van der Waals surface area contributed by atoms with E-state index in [1.165, 1.54) is 12.1 Å². The SMILES string of the molecule is CCOP(=O)(OCC)[C@@H](N)c1c(Cl)ccc(C)c1F. The Kier molecular flexibility index (Phi) is 5.96. The molecule has 19 heavy (non-hydrogen) atoms. The van der Waals surface area contributed by atoms with Crippen molar-refractivity contribution in [2.75, 3.05) is 13.2 Å². The highest BCUT2D eigenvalue weighted by Gasteiger charge is 2.37. The fourth-order valence-electron chi connectivity index (χ4n) is 1.67. The first-order chi connectivity index (χ1) is 8.87. The Labute approximate surface area is 117 Å². The molecular weight excluding hydrogens is 292 g/mol. The molecule has 1 rings (SSSR count). The van der Waals surface area contributed by atoms with E-state index in [9.17, 15) is 8.96 Å². The van der Waals surface area contributed by atoms with E-state index < -0.39 is 19.2 Å². The van der Waals surface area contributed by atoms with Crippen LogP contribution in [0.3, 0.4) is 0 Å². The van der Waals surface area contributed by atoms with Crippen LogP contribution in [0.15, 0.2) is 12.1 Å². The molecule has 7 heteroatoms. The van der Waals surface area contributed by atoms with Gasteiger partial charge in [0.1, 0.15) is 11.6 Å². The summed E-state index contributed by atoms with van der Waals surface area (Å²) in [4.78, 5) is 0. The van der Waals surface area contributed by atoms with E-state index >= 15 is 0 Å². The van der Waals surface area contributed by atoms with Crippen molar-refractivity contribution in [2.24, 2.45) is 5.73 Å². The molecule has 0 radical (unpaired) electrons. The Bertz CT molecular complexity index is 488. The molecule has 1 atom stereocenters. The molecule has 0 heterocycles. The largest absolute Gasteiger partial charge is 0.351 e. The molecular formula is C12H18ClFNO3P. The molecule has 1 aromatic rings. The van der Waals surface area contributed by atoms with Crippen LogP contribution in [-0.2, 0) is 13.6 Å². The zero-order chi connectivity index (χ0) is 14.6. The van der Waals surface area contributed by atoms with Crippen LogP contribution in [0.25, 0.3) is 0 Å². The second-order valence-corrected chi connectivity index (χ2v) is 6.47. The molecule has 0 bridgehead atoms. The predicted octanol–water partition coefficient (Wildman–Crippen LogP) is 4.01. The van der Waals surface area contributed by atoms with E-state index in [1.807, 2.05) is 0 Å². The van der Waals surface area contributed by atoms with E-state index in [1.54, 1.807) is 20.8 Å². The highest BCUT2D eigenvalue weighted by Crippen LogP contribution is 2.59. The van der Waals surface area contributed by atoms with Crippen molar-refractivity contribution in [3.63, 3.8) is 0 Å². The first kappa shape index (κ1) is 16.6.